The van der Waals surface area contributed by atoms with Crippen molar-refractivity contribution in [1.29, 1.82) is 0 Å². The summed E-state index contributed by atoms with van der Waals surface area (Å²) in [6, 6.07) is 5.18. The van der Waals surface area contributed by atoms with Crippen LogP contribution in [0.5, 0.6) is 5.75 Å². The quantitative estimate of drug-likeness (QED) is 0.845. The van der Waals surface area contributed by atoms with E-state index in [0.29, 0.717) is 11.3 Å². The number of amides is 1. The summed E-state index contributed by atoms with van der Waals surface area (Å²) < 4.78 is 5.11. The molecule has 1 atom stereocenters. The zero-order valence-corrected chi connectivity index (χ0v) is 13.2. The number of hydrogen-bond donors (Lipinski definition) is 2. The Morgan fingerprint density at radius 2 is 2.00 bits per heavy atom. The van der Waals surface area contributed by atoms with Crippen LogP contribution in [0.4, 0.5) is 0 Å². The second-order valence-electron chi connectivity index (χ2n) is 5.78. The Bertz CT molecular complexity index is 539. The number of aryl methyl sites for hydroxylation is 1. The summed E-state index contributed by atoms with van der Waals surface area (Å²) in [6.07, 6.45) is -0.119. The maximum absolute atomic E-state index is 12.4. The van der Waals surface area contributed by atoms with Crippen molar-refractivity contribution in [3.05, 3.63) is 29.3 Å². The molecule has 5 heteroatoms. The van der Waals surface area contributed by atoms with Crippen molar-refractivity contribution in [2.45, 2.75) is 39.7 Å². The van der Waals surface area contributed by atoms with Crippen LogP contribution in [0.25, 0.3) is 0 Å². The average molecular weight is 293 g/mol. The molecule has 1 aromatic carbocycles. The van der Waals surface area contributed by atoms with Gasteiger partial charge >= 0.3 is 5.97 Å². The van der Waals surface area contributed by atoms with E-state index in [4.69, 9.17) is 9.84 Å². The number of benzene rings is 1. The Hall–Kier alpha value is -2.04. The van der Waals surface area contributed by atoms with Crippen LogP contribution in [0, 0.1) is 12.8 Å². The van der Waals surface area contributed by atoms with Gasteiger partial charge in [0, 0.05) is 5.56 Å². The highest BCUT2D eigenvalue weighted by atomic mass is 16.5. The fraction of sp³-hybridized carbons (Fsp3) is 0.500. The highest BCUT2D eigenvalue weighted by Gasteiger charge is 2.33. The third kappa shape index (κ3) is 4.21. The first kappa shape index (κ1) is 17.0. The lowest BCUT2D eigenvalue weighted by molar-refractivity contribution is -0.138. The lowest BCUT2D eigenvalue weighted by atomic mass is 9.84. The number of rotatable bonds is 6. The number of carbonyl (C=O) groups excluding carboxylic acids is 1. The van der Waals surface area contributed by atoms with Crippen molar-refractivity contribution in [3.63, 3.8) is 0 Å². The molecule has 0 aliphatic carbocycles. The van der Waals surface area contributed by atoms with Crippen LogP contribution < -0.4 is 10.1 Å². The summed E-state index contributed by atoms with van der Waals surface area (Å²) >= 11 is 0. The Labute approximate surface area is 125 Å². The summed E-state index contributed by atoms with van der Waals surface area (Å²) in [6.45, 7) is 7.36. The maximum Gasteiger partial charge on any atom is 0.305 e. The van der Waals surface area contributed by atoms with Crippen LogP contribution in [0.3, 0.4) is 0 Å². The zero-order chi connectivity index (χ0) is 16.2. The van der Waals surface area contributed by atoms with Crippen molar-refractivity contribution < 1.29 is 19.4 Å². The van der Waals surface area contributed by atoms with Gasteiger partial charge in [0.05, 0.1) is 19.1 Å². The third-order valence-corrected chi connectivity index (χ3v) is 3.87. The van der Waals surface area contributed by atoms with E-state index < -0.39 is 11.5 Å². The second kappa shape index (κ2) is 6.61. The number of carboxylic acid groups (broad SMARTS) is 1. The molecule has 1 rings (SSSR count). The molecule has 2 N–H and O–H groups in total. The number of ether oxygens (including phenoxy) is 1. The molecule has 116 valence electrons. The van der Waals surface area contributed by atoms with Crippen molar-refractivity contribution in [1.82, 2.24) is 5.32 Å². The van der Waals surface area contributed by atoms with Gasteiger partial charge in [-0.1, -0.05) is 13.8 Å². The Morgan fingerprint density at radius 3 is 2.43 bits per heavy atom. The van der Waals surface area contributed by atoms with Crippen LogP contribution in [0.2, 0.25) is 0 Å². The van der Waals surface area contributed by atoms with E-state index in [1.807, 2.05) is 20.8 Å². The monoisotopic (exact) mass is 293 g/mol. The molecule has 0 bridgehead atoms. The van der Waals surface area contributed by atoms with Crippen LogP contribution in [-0.4, -0.2) is 29.6 Å². The normalized spacial score (nSPS) is 13.6. The largest absolute Gasteiger partial charge is 0.497 e. The van der Waals surface area contributed by atoms with Gasteiger partial charge in [-0.25, -0.2) is 0 Å². The first-order chi connectivity index (χ1) is 9.69. The van der Waals surface area contributed by atoms with Crippen LogP contribution in [0.15, 0.2) is 18.2 Å². The predicted molar refractivity (Wildman–Crippen MR) is 80.7 cm³/mol. The van der Waals surface area contributed by atoms with Gasteiger partial charge in [0.2, 0.25) is 0 Å². The summed E-state index contributed by atoms with van der Waals surface area (Å²) in [7, 11) is 1.57. The molecule has 0 radical (unpaired) electrons. The molecular weight excluding hydrogens is 270 g/mol. The molecule has 1 unspecified atom stereocenters. The van der Waals surface area contributed by atoms with E-state index in [1.165, 1.54) is 0 Å². The van der Waals surface area contributed by atoms with Gasteiger partial charge < -0.3 is 15.2 Å². The molecule has 21 heavy (non-hydrogen) atoms. The maximum atomic E-state index is 12.4. The molecule has 0 aliphatic rings. The molecule has 5 nitrogen and oxygen atoms in total. The minimum Gasteiger partial charge on any atom is -0.497 e. The van der Waals surface area contributed by atoms with Gasteiger partial charge in [-0.05, 0) is 43.5 Å². The highest BCUT2D eigenvalue weighted by Crippen LogP contribution is 2.23. The molecule has 0 aliphatic heterocycles. The van der Waals surface area contributed by atoms with Crippen molar-refractivity contribution in [2.75, 3.05) is 7.11 Å². The van der Waals surface area contributed by atoms with Crippen LogP contribution in [0.1, 0.15) is 43.1 Å². The number of hydrogen-bond acceptors (Lipinski definition) is 3. The number of carboxylic acids is 1. The number of aliphatic carboxylic acids is 1. The van der Waals surface area contributed by atoms with Crippen molar-refractivity contribution >= 4 is 11.9 Å². The SMILES string of the molecule is COc1ccc(C(=O)NC(C)(CC(=O)O)C(C)C)c(C)c1. The minimum absolute atomic E-state index is 0.00361. The molecule has 0 fully saturated rings. The van der Waals surface area contributed by atoms with Gasteiger partial charge in [0.15, 0.2) is 0 Å². The highest BCUT2D eigenvalue weighted by molar-refractivity contribution is 5.96. The average Bonchev–Trinajstić information content (AvgIpc) is 2.36. The molecule has 0 heterocycles. The van der Waals surface area contributed by atoms with Gasteiger partial charge in [0.1, 0.15) is 5.75 Å². The Morgan fingerprint density at radius 1 is 1.38 bits per heavy atom. The molecule has 0 saturated carbocycles. The van der Waals surface area contributed by atoms with Crippen molar-refractivity contribution in [2.24, 2.45) is 5.92 Å². The van der Waals surface area contributed by atoms with Crippen molar-refractivity contribution in [3.8, 4) is 5.75 Å². The number of nitrogens with one attached hydrogen (secondary N) is 1. The van der Waals surface area contributed by atoms with Gasteiger partial charge in [-0.3, -0.25) is 9.59 Å². The zero-order valence-electron chi connectivity index (χ0n) is 13.2. The fourth-order valence-electron chi connectivity index (χ4n) is 2.05. The lowest BCUT2D eigenvalue weighted by Crippen LogP contribution is -2.51. The lowest BCUT2D eigenvalue weighted by Gasteiger charge is -2.33. The molecule has 0 spiro atoms. The predicted octanol–water partition coefficient (Wildman–Crippen LogP) is 2.62. The summed E-state index contributed by atoms with van der Waals surface area (Å²) in [4.78, 5) is 23.4. The van der Waals surface area contributed by atoms with E-state index in [9.17, 15) is 9.59 Å². The first-order valence-corrected chi connectivity index (χ1v) is 6.88. The standard InChI is InChI=1S/C16H23NO4/c1-10(2)16(4,9-14(18)19)17-15(20)13-7-6-12(21-5)8-11(13)3/h6-8,10H,9H2,1-5H3,(H,17,20)(H,18,19). The van der Waals surface area contributed by atoms with Crippen LogP contribution >= 0.6 is 0 Å². The number of carbonyl (C=O) groups is 2. The summed E-state index contributed by atoms with van der Waals surface area (Å²) in [5, 5.41) is 11.9. The molecule has 1 amide bonds. The Kier molecular flexibility index (Phi) is 5.35. The Balaban J connectivity index is 3.00. The molecule has 0 aromatic heterocycles. The van der Waals surface area contributed by atoms with E-state index >= 15 is 0 Å². The molecule has 1 aromatic rings. The molecule has 0 saturated heterocycles. The summed E-state index contributed by atoms with van der Waals surface area (Å²) in [5.41, 5.74) is 0.510. The molecular formula is C16H23NO4. The van der Waals surface area contributed by atoms with E-state index in [2.05, 4.69) is 5.32 Å². The van der Waals surface area contributed by atoms with Crippen LogP contribution in [-0.2, 0) is 4.79 Å². The van der Waals surface area contributed by atoms with Gasteiger partial charge in [-0.2, -0.15) is 0 Å². The first-order valence-electron chi connectivity index (χ1n) is 6.88. The van der Waals surface area contributed by atoms with E-state index in [1.54, 1.807) is 32.2 Å². The van der Waals surface area contributed by atoms with Gasteiger partial charge in [0.25, 0.3) is 5.91 Å². The fourth-order valence-corrected chi connectivity index (χ4v) is 2.05. The second-order valence-corrected chi connectivity index (χ2v) is 5.78. The van der Waals surface area contributed by atoms with E-state index in [-0.39, 0.29) is 18.2 Å². The topological polar surface area (TPSA) is 75.6 Å². The smallest absolute Gasteiger partial charge is 0.305 e. The third-order valence-electron chi connectivity index (χ3n) is 3.87. The van der Waals surface area contributed by atoms with E-state index in [0.717, 1.165) is 5.56 Å². The van der Waals surface area contributed by atoms with Gasteiger partial charge in [-0.15, -0.1) is 0 Å². The summed E-state index contributed by atoms with van der Waals surface area (Å²) in [5.74, 6) is -0.525. The minimum atomic E-state index is -0.932. The number of methoxy groups -OCH3 is 1.